The summed E-state index contributed by atoms with van der Waals surface area (Å²) in [6.45, 7) is 2.91. The van der Waals surface area contributed by atoms with E-state index < -0.39 is 0 Å². The summed E-state index contributed by atoms with van der Waals surface area (Å²) in [6.07, 6.45) is 1.59. The fraction of sp³-hybridized carbons (Fsp3) is 0.231. The number of carbonyl (C=O) groups excluding carboxylic acids is 1. The molecule has 0 spiro atoms. The Labute approximate surface area is 110 Å². The molecule has 0 radical (unpaired) electrons. The van der Waals surface area contributed by atoms with Crippen molar-refractivity contribution in [1.82, 2.24) is 9.88 Å². The number of halogens is 1. The Bertz CT molecular complexity index is 526. The summed E-state index contributed by atoms with van der Waals surface area (Å²) in [4.78, 5) is 17.9. The molecule has 0 saturated carbocycles. The first kappa shape index (κ1) is 12.6. The standard InChI is InChI=1S/C13H13ClN2O2/c1-2-16(9-10-5-4-8-18-10)13(17)11-6-3-7-12(14)15-11/h3-8H,2,9H2,1H3. The molecule has 0 N–H and O–H groups in total. The van der Waals surface area contributed by atoms with E-state index >= 15 is 0 Å². The molecule has 0 atom stereocenters. The van der Waals surface area contributed by atoms with Crippen LogP contribution in [0.15, 0.2) is 41.0 Å². The van der Waals surface area contributed by atoms with Crippen molar-refractivity contribution in [2.24, 2.45) is 0 Å². The Morgan fingerprint density at radius 2 is 2.22 bits per heavy atom. The second-order valence-corrected chi connectivity index (χ2v) is 4.13. The summed E-state index contributed by atoms with van der Waals surface area (Å²) in [6, 6.07) is 8.64. The van der Waals surface area contributed by atoms with Gasteiger partial charge in [0.15, 0.2) is 0 Å². The van der Waals surface area contributed by atoms with Crippen LogP contribution in [-0.2, 0) is 6.54 Å². The molecule has 2 rings (SSSR count). The number of aromatic nitrogens is 1. The molecule has 0 bridgehead atoms. The Balaban J connectivity index is 2.15. The zero-order valence-electron chi connectivity index (χ0n) is 9.97. The quantitative estimate of drug-likeness (QED) is 0.798. The van der Waals surface area contributed by atoms with E-state index in [1.807, 2.05) is 13.0 Å². The van der Waals surface area contributed by atoms with Gasteiger partial charge in [-0.1, -0.05) is 17.7 Å². The Morgan fingerprint density at radius 1 is 1.39 bits per heavy atom. The first-order valence-corrected chi connectivity index (χ1v) is 6.02. The van der Waals surface area contributed by atoms with Crippen LogP contribution in [-0.4, -0.2) is 22.3 Å². The highest BCUT2D eigenvalue weighted by atomic mass is 35.5. The number of hydrogen-bond acceptors (Lipinski definition) is 3. The molecular formula is C13H13ClN2O2. The lowest BCUT2D eigenvalue weighted by molar-refractivity contribution is 0.0735. The minimum atomic E-state index is -0.156. The zero-order chi connectivity index (χ0) is 13.0. The van der Waals surface area contributed by atoms with Gasteiger partial charge in [0.2, 0.25) is 0 Å². The summed E-state index contributed by atoms with van der Waals surface area (Å²) in [5.74, 6) is 0.587. The smallest absolute Gasteiger partial charge is 0.272 e. The van der Waals surface area contributed by atoms with Crippen LogP contribution >= 0.6 is 11.6 Å². The first-order chi connectivity index (χ1) is 8.70. The maximum Gasteiger partial charge on any atom is 0.272 e. The average Bonchev–Trinajstić information content (AvgIpc) is 2.88. The molecule has 2 aromatic rings. The van der Waals surface area contributed by atoms with Crippen LogP contribution in [0, 0.1) is 0 Å². The number of furan rings is 1. The van der Waals surface area contributed by atoms with E-state index in [2.05, 4.69) is 4.98 Å². The minimum Gasteiger partial charge on any atom is -0.467 e. The lowest BCUT2D eigenvalue weighted by atomic mass is 10.3. The molecule has 0 saturated heterocycles. The molecule has 0 aliphatic heterocycles. The Morgan fingerprint density at radius 3 is 2.83 bits per heavy atom. The van der Waals surface area contributed by atoms with Crippen molar-refractivity contribution >= 4 is 17.5 Å². The number of amides is 1. The second kappa shape index (κ2) is 5.69. The third-order valence-electron chi connectivity index (χ3n) is 2.53. The molecule has 0 fully saturated rings. The molecule has 2 aromatic heterocycles. The lowest BCUT2D eigenvalue weighted by Gasteiger charge is -2.19. The molecule has 18 heavy (non-hydrogen) atoms. The van der Waals surface area contributed by atoms with Gasteiger partial charge in [0.25, 0.3) is 5.91 Å². The van der Waals surface area contributed by atoms with Crippen molar-refractivity contribution in [2.45, 2.75) is 13.5 Å². The molecule has 2 heterocycles. The maximum atomic E-state index is 12.2. The summed E-state index contributed by atoms with van der Waals surface area (Å²) >= 11 is 5.78. The second-order valence-electron chi connectivity index (χ2n) is 3.74. The SMILES string of the molecule is CCN(Cc1ccco1)C(=O)c1cccc(Cl)n1. The molecular weight excluding hydrogens is 252 g/mol. The molecule has 94 valence electrons. The van der Waals surface area contributed by atoms with Gasteiger partial charge >= 0.3 is 0 Å². The largest absolute Gasteiger partial charge is 0.467 e. The van der Waals surface area contributed by atoms with E-state index in [0.29, 0.717) is 23.9 Å². The third kappa shape index (κ3) is 2.90. The van der Waals surface area contributed by atoms with Gasteiger partial charge in [-0.25, -0.2) is 4.98 Å². The molecule has 0 aromatic carbocycles. The van der Waals surface area contributed by atoms with Crippen LogP contribution in [0.3, 0.4) is 0 Å². The fourth-order valence-electron chi connectivity index (χ4n) is 1.61. The van der Waals surface area contributed by atoms with Gasteiger partial charge in [-0.15, -0.1) is 0 Å². The highest BCUT2D eigenvalue weighted by molar-refractivity contribution is 6.29. The van der Waals surface area contributed by atoms with Gasteiger partial charge in [-0.2, -0.15) is 0 Å². The van der Waals surface area contributed by atoms with Gasteiger partial charge in [0.1, 0.15) is 16.6 Å². The van der Waals surface area contributed by atoms with E-state index in [0.717, 1.165) is 5.76 Å². The van der Waals surface area contributed by atoms with Gasteiger partial charge in [-0.3, -0.25) is 4.79 Å². The number of nitrogens with zero attached hydrogens (tertiary/aromatic N) is 2. The van der Waals surface area contributed by atoms with E-state index in [1.165, 1.54) is 0 Å². The highest BCUT2D eigenvalue weighted by Crippen LogP contribution is 2.11. The normalized spacial score (nSPS) is 10.3. The van der Waals surface area contributed by atoms with Crippen LogP contribution in [0.2, 0.25) is 5.15 Å². The Hall–Kier alpha value is -1.81. The van der Waals surface area contributed by atoms with Crippen LogP contribution < -0.4 is 0 Å². The van der Waals surface area contributed by atoms with Crippen LogP contribution in [0.4, 0.5) is 0 Å². The van der Waals surface area contributed by atoms with Crippen LogP contribution in [0.1, 0.15) is 23.2 Å². The molecule has 0 aliphatic carbocycles. The summed E-state index contributed by atoms with van der Waals surface area (Å²) in [7, 11) is 0. The van der Waals surface area contributed by atoms with E-state index in [-0.39, 0.29) is 5.91 Å². The lowest BCUT2D eigenvalue weighted by Crippen LogP contribution is -2.30. The van der Waals surface area contributed by atoms with Crippen molar-refractivity contribution in [3.63, 3.8) is 0 Å². The van der Waals surface area contributed by atoms with Crippen molar-refractivity contribution < 1.29 is 9.21 Å². The van der Waals surface area contributed by atoms with Crippen molar-refractivity contribution in [3.05, 3.63) is 53.2 Å². The minimum absolute atomic E-state index is 0.156. The Kier molecular flexibility index (Phi) is 3.99. The van der Waals surface area contributed by atoms with Gasteiger partial charge in [0.05, 0.1) is 12.8 Å². The number of rotatable bonds is 4. The number of pyridine rings is 1. The molecule has 0 unspecified atom stereocenters. The monoisotopic (exact) mass is 264 g/mol. The summed E-state index contributed by atoms with van der Waals surface area (Å²) in [5.41, 5.74) is 0.343. The van der Waals surface area contributed by atoms with Crippen molar-refractivity contribution in [3.8, 4) is 0 Å². The highest BCUT2D eigenvalue weighted by Gasteiger charge is 2.16. The van der Waals surface area contributed by atoms with Crippen molar-refractivity contribution in [2.75, 3.05) is 6.54 Å². The first-order valence-electron chi connectivity index (χ1n) is 5.65. The van der Waals surface area contributed by atoms with Crippen LogP contribution in [0.5, 0.6) is 0 Å². The number of carbonyl (C=O) groups is 1. The van der Waals surface area contributed by atoms with Crippen molar-refractivity contribution in [1.29, 1.82) is 0 Å². The van der Waals surface area contributed by atoms with Gasteiger partial charge in [-0.05, 0) is 31.2 Å². The van der Waals surface area contributed by atoms with Gasteiger partial charge in [0, 0.05) is 6.54 Å². The molecule has 5 heteroatoms. The third-order valence-corrected chi connectivity index (χ3v) is 2.74. The number of hydrogen-bond donors (Lipinski definition) is 0. The topological polar surface area (TPSA) is 46.3 Å². The van der Waals surface area contributed by atoms with E-state index in [4.69, 9.17) is 16.0 Å². The molecule has 1 amide bonds. The van der Waals surface area contributed by atoms with E-state index in [1.54, 1.807) is 35.4 Å². The molecule has 0 aliphatic rings. The molecule has 4 nitrogen and oxygen atoms in total. The summed E-state index contributed by atoms with van der Waals surface area (Å²) < 4.78 is 5.24. The summed E-state index contributed by atoms with van der Waals surface area (Å²) in [5, 5.41) is 0.315. The average molecular weight is 265 g/mol. The predicted molar refractivity (Wildman–Crippen MR) is 68.4 cm³/mol. The fourth-order valence-corrected chi connectivity index (χ4v) is 1.77. The maximum absolute atomic E-state index is 12.2. The zero-order valence-corrected chi connectivity index (χ0v) is 10.7. The van der Waals surface area contributed by atoms with Gasteiger partial charge < -0.3 is 9.32 Å². The predicted octanol–water partition coefficient (Wildman–Crippen LogP) is 2.99. The van der Waals surface area contributed by atoms with E-state index in [9.17, 15) is 4.79 Å². The van der Waals surface area contributed by atoms with Crippen LogP contribution in [0.25, 0.3) is 0 Å².